The van der Waals surface area contributed by atoms with Crippen molar-refractivity contribution in [2.75, 3.05) is 17.2 Å². The Hall–Kier alpha value is -2.70. The van der Waals surface area contributed by atoms with E-state index in [1.54, 1.807) is 6.92 Å². The highest BCUT2D eigenvalue weighted by atomic mass is 32.1. The zero-order valence-electron chi connectivity index (χ0n) is 15.8. The van der Waals surface area contributed by atoms with Crippen molar-refractivity contribution in [2.45, 2.75) is 20.3 Å². The molecule has 6 heteroatoms. The molecule has 28 heavy (non-hydrogen) atoms. The molecule has 3 aromatic rings. The number of hydrogen-bond donors (Lipinski definition) is 2. The molecule has 0 spiro atoms. The largest absolute Gasteiger partial charge is 0.462 e. The van der Waals surface area contributed by atoms with E-state index < -0.39 is 0 Å². The summed E-state index contributed by atoms with van der Waals surface area (Å²) in [7, 11) is 0. The third-order valence-electron chi connectivity index (χ3n) is 4.00. The Morgan fingerprint density at radius 1 is 1.07 bits per heavy atom. The van der Waals surface area contributed by atoms with Gasteiger partial charge in [-0.2, -0.15) is 0 Å². The van der Waals surface area contributed by atoms with Crippen LogP contribution in [0.15, 0.2) is 60.7 Å². The lowest BCUT2D eigenvalue weighted by molar-refractivity contribution is 0.0528. The van der Waals surface area contributed by atoms with Gasteiger partial charge in [-0.3, -0.25) is 0 Å². The minimum absolute atomic E-state index is 0.328. The standard InChI is InChI=1S/C22H22N2O2S2/c1-3-26-21(25)19-14-18(13-16-9-5-4-6-10-16)28-20(19)24-22(27)23-17-11-7-8-15(2)12-17/h4-12,14H,3,13H2,1-2H3,(H2,23,24,27). The van der Waals surface area contributed by atoms with E-state index in [1.165, 1.54) is 16.9 Å². The number of nitrogens with one attached hydrogen (secondary N) is 2. The molecular weight excluding hydrogens is 388 g/mol. The summed E-state index contributed by atoms with van der Waals surface area (Å²) in [5.74, 6) is -0.348. The number of thiophene rings is 1. The Morgan fingerprint density at radius 2 is 1.86 bits per heavy atom. The van der Waals surface area contributed by atoms with E-state index >= 15 is 0 Å². The highest BCUT2D eigenvalue weighted by Gasteiger charge is 2.18. The summed E-state index contributed by atoms with van der Waals surface area (Å²) in [4.78, 5) is 13.5. The van der Waals surface area contributed by atoms with Crippen molar-refractivity contribution in [1.29, 1.82) is 0 Å². The predicted octanol–water partition coefficient (Wildman–Crippen LogP) is 5.63. The average molecular weight is 411 g/mol. The zero-order chi connectivity index (χ0) is 19.9. The van der Waals surface area contributed by atoms with Crippen molar-refractivity contribution in [2.24, 2.45) is 0 Å². The molecule has 4 nitrogen and oxygen atoms in total. The van der Waals surface area contributed by atoms with Gasteiger partial charge in [-0.25, -0.2) is 4.79 Å². The normalized spacial score (nSPS) is 10.4. The number of ether oxygens (including phenoxy) is 1. The first-order valence-electron chi connectivity index (χ1n) is 9.03. The molecule has 2 aromatic carbocycles. The molecular formula is C22H22N2O2S2. The highest BCUT2D eigenvalue weighted by Crippen LogP contribution is 2.31. The number of hydrogen-bond acceptors (Lipinski definition) is 4. The van der Waals surface area contributed by atoms with E-state index in [1.807, 2.05) is 55.5 Å². The highest BCUT2D eigenvalue weighted by molar-refractivity contribution is 7.80. The summed E-state index contributed by atoms with van der Waals surface area (Å²) in [6.07, 6.45) is 0.748. The van der Waals surface area contributed by atoms with Gasteiger partial charge in [0.05, 0.1) is 12.2 Å². The smallest absolute Gasteiger partial charge is 0.341 e. The Balaban J connectivity index is 1.79. The van der Waals surface area contributed by atoms with Gasteiger partial charge >= 0.3 is 5.97 Å². The molecule has 0 amide bonds. The first-order valence-corrected chi connectivity index (χ1v) is 10.3. The Morgan fingerprint density at radius 3 is 2.57 bits per heavy atom. The predicted molar refractivity (Wildman–Crippen MR) is 121 cm³/mol. The fraction of sp³-hybridized carbons (Fsp3) is 0.182. The third-order valence-corrected chi connectivity index (χ3v) is 5.26. The van der Waals surface area contributed by atoms with Crippen LogP contribution in [0.25, 0.3) is 0 Å². The molecule has 0 saturated carbocycles. The molecule has 3 rings (SSSR count). The van der Waals surface area contributed by atoms with Gasteiger partial charge in [0.2, 0.25) is 0 Å². The summed E-state index contributed by atoms with van der Waals surface area (Å²) < 4.78 is 5.21. The monoisotopic (exact) mass is 410 g/mol. The molecule has 0 aliphatic carbocycles. The first kappa shape index (κ1) is 20.0. The van der Waals surface area contributed by atoms with Gasteiger partial charge in [-0.05, 0) is 55.4 Å². The fourth-order valence-corrected chi connectivity index (χ4v) is 4.14. The molecule has 0 unspecified atom stereocenters. The molecule has 0 fully saturated rings. The molecule has 0 bridgehead atoms. The number of benzene rings is 2. The lowest BCUT2D eigenvalue weighted by Crippen LogP contribution is -2.20. The number of carbonyl (C=O) groups excluding carboxylic acids is 1. The summed E-state index contributed by atoms with van der Waals surface area (Å²) >= 11 is 6.95. The molecule has 0 aliphatic rings. The number of rotatable bonds is 6. The number of anilines is 2. The van der Waals surface area contributed by atoms with Gasteiger partial charge in [0.15, 0.2) is 5.11 Å². The number of aryl methyl sites for hydroxylation is 1. The summed E-state index contributed by atoms with van der Waals surface area (Å²) in [5.41, 5.74) is 3.73. The lowest BCUT2D eigenvalue weighted by atomic mass is 10.1. The molecule has 0 saturated heterocycles. The molecule has 0 aliphatic heterocycles. The Labute approximate surface area is 174 Å². The summed E-state index contributed by atoms with van der Waals surface area (Å²) in [5, 5.41) is 7.45. The number of esters is 1. The van der Waals surface area contributed by atoms with Crippen LogP contribution in [0.1, 0.15) is 33.3 Å². The van der Waals surface area contributed by atoms with Crippen molar-refractivity contribution in [1.82, 2.24) is 0 Å². The second-order valence-electron chi connectivity index (χ2n) is 6.29. The average Bonchev–Trinajstić information content (AvgIpc) is 3.05. The maximum atomic E-state index is 12.4. The van der Waals surface area contributed by atoms with Gasteiger partial charge in [0.1, 0.15) is 5.00 Å². The molecule has 0 atom stereocenters. The summed E-state index contributed by atoms with van der Waals surface area (Å²) in [6.45, 7) is 4.15. The zero-order valence-corrected chi connectivity index (χ0v) is 17.5. The van der Waals surface area contributed by atoms with Crippen molar-refractivity contribution < 1.29 is 9.53 Å². The van der Waals surface area contributed by atoms with Crippen LogP contribution in [0.4, 0.5) is 10.7 Å². The van der Waals surface area contributed by atoms with Gasteiger partial charge in [-0.1, -0.05) is 42.5 Å². The van der Waals surface area contributed by atoms with Gasteiger partial charge in [0.25, 0.3) is 0 Å². The van der Waals surface area contributed by atoms with Crippen LogP contribution in [0.2, 0.25) is 0 Å². The third kappa shape index (κ3) is 5.41. The molecule has 1 heterocycles. The van der Waals surface area contributed by atoms with Crippen LogP contribution in [-0.2, 0) is 11.2 Å². The Bertz CT molecular complexity index is 968. The number of carbonyl (C=O) groups is 1. The van der Waals surface area contributed by atoms with E-state index in [-0.39, 0.29) is 5.97 Å². The van der Waals surface area contributed by atoms with Crippen LogP contribution in [-0.4, -0.2) is 17.7 Å². The van der Waals surface area contributed by atoms with Crippen molar-refractivity contribution >= 4 is 45.3 Å². The van der Waals surface area contributed by atoms with Gasteiger partial charge in [-0.15, -0.1) is 11.3 Å². The molecule has 2 N–H and O–H groups in total. The van der Waals surface area contributed by atoms with Crippen molar-refractivity contribution in [3.8, 4) is 0 Å². The maximum absolute atomic E-state index is 12.4. The van der Waals surface area contributed by atoms with Crippen LogP contribution in [0.5, 0.6) is 0 Å². The maximum Gasteiger partial charge on any atom is 0.341 e. The lowest BCUT2D eigenvalue weighted by Gasteiger charge is -2.11. The molecule has 0 radical (unpaired) electrons. The molecule has 144 valence electrons. The van der Waals surface area contributed by atoms with E-state index in [4.69, 9.17) is 17.0 Å². The SMILES string of the molecule is CCOC(=O)c1cc(Cc2ccccc2)sc1NC(=S)Nc1cccc(C)c1. The fourth-order valence-electron chi connectivity index (χ4n) is 2.77. The second-order valence-corrected chi connectivity index (χ2v) is 7.83. The minimum Gasteiger partial charge on any atom is -0.462 e. The topological polar surface area (TPSA) is 50.4 Å². The quantitative estimate of drug-likeness (QED) is 0.407. The Kier molecular flexibility index (Phi) is 6.79. The van der Waals surface area contributed by atoms with E-state index in [0.717, 1.165) is 22.5 Å². The van der Waals surface area contributed by atoms with E-state index in [9.17, 15) is 4.79 Å². The molecule has 1 aromatic heterocycles. The van der Waals surface area contributed by atoms with Gasteiger partial charge in [0, 0.05) is 17.0 Å². The minimum atomic E-state index is -0.348. The number of thiocarbonyl (C=S) groups is 1. The van der Waals surface area contributed by atoms with Crippen molar-refractivity contribution in [3.05, 3.63) is 82.2 Å². The van der Waals surface area contributed by atoms with Gasteiger partial charge < -0.3 is 15.4 Å². The van der Waals surface area contributed by atoms with E-state index in [0.29, 0.717) is 22.3 Å². The van der Waals surface area contributed by atoms with Crippen LogP contribution in [0.3, 0.4) is 0 Å². The van der Waals surface area contributed by atoms with E-state index in [2.05, 4.69) is 22.8 Å². The summed E-state index contributed by atoms with van der Waals surface area (Å²) in [6, 6.07) is 20.0. The van der Waals surface area contributed by atoms with Crippen molar-refractivity contribution in [3.63, 3.8) is 0 Å². The van der Waals surface area contributed by atoms with Crippen LogP contribution < -0.4 is 10.6 Å². The van der Waals surface area contributed by atoms with Crippen LogP contribution >= 0.6 is 23.6 Å². The van der Waals surface area contributed by atoms with Crippen LogP contribution in [0, 0.1) is 6.92 Å². The second kappa shape index (κ2) is 9.48. The first-order chi connectivity index (χ1) is 13.5.